The van der Waals surface area contributed by atoms with E-state index in [1.165, 1.54) is 0 Å². The van der Waals surface area contributed by atoms with Gasteiger partial charge in [0.2, 0.25) is 0 Å². The van der Waals surface area contributed by atoms with Crippen LogP contribution in [0, 0.1) is 0 Å². The van der Waals surface area contributed by atoms with Crippen LogP contribution in [0.2, 0.25) is 5.02 Å². The number of benzene rings is 2. The monoisotopic (exact) mass is 393 g/mol. The van der Waals surface area contributed by atoms with Gasteiger partial charge in [-0.3, -0.25) is 4.68 Å². The van der Waals surface area contributed by atoms with Gasteiger partial charge in [-0.15, -0.1) is 0 Å². The Morgan fingerprint density at radius 2 is 1.89 bits per heavy atom. The van der Waals surface area contributed by atoms with Crippen molar-refractivity contribution in [3.8, 4) is 11.3 Å². The minimum Gasteiger partial charge on any atom is -0.461 e. The first-order chi connectivity index (χ1) is 13.6. The molecule has 0 bridgehead atoms. The number of aryl methyl sites for hydroxylation is 1. The van der Waals surface area contributed by atoms with Crippen LogP contribution in [0.4, 0.5) is 0 Å². The van der Waals surface area contributed by atoms with Crippen molar-refractivity contribution in [3.05, 3.63) is 77.1 Å². The van der Waals surface area contributed by atoms with Crippen molar-refractivity contribution >= 4 is 28.5 Å². The van der Waals surface area contributed by atoms with Crippen LogP contribution in [0.25, 0.3) is 22.2 Å². The van der Waals surface area contributed by atoms with Gasteiger partial charge in [0, 0.05) is 34.7 Å². The molecule has 2 aromatic carbocycles. The molecule has 0 amide bonds. The van der Waals surface area contributed by atoms with E-state index >= 15 is 0 Å². The first-order valence-corrected chi connectivity index (χ1v) is 9.48. The lowest BCUT2D eigenvalue weighted by Crippen LogP contribution is -2.08. The Kier molecular flexibility index (Phi) is 4.92. The third-order valence-electron chi connectivity index (χ3n) is 4.68. The van der Waals surface area contributed by atoms with E-state index in [-0.39, 0.29) is 0 Å². The molecule has 0 aliphatic rings. The predicted octanol–water partition coefficient (Wildman–Crippen LogP) is 4.92. The summed E-state index contributed by atoms with van der Waals surface area (Å²) in [4.78, 5) is 12.3. The number of halogens is 1. The van der Waals surface area contributed by atoms with Gasteiger partial charge in [0.1, 0.15) is 0 Å². The average molecular weight is 394 g/mol. The van der Waals surface area contributed by atoms with Gasteiger partial charge in [-0.05, 0) is 36.8 Å². The maximum absolute atomic E-state index is 12.3. The van der Waals surface area contributed by atoms with Crippen molar-refractivity contribution in [1.29, 1.82) is 0 Å². The van der Waals surface area contributed by atoms with Gasteiger partial charge in [0.15, 0.2) is 5.69 Å². The summed E-state index contributed by atoms with van der Waals surface area (Å²) < 4.78 is 9.08. The van der Waals surface area contributed by atoms with Crippen LogP contribution in [0.3, 0.4) is 0 Å². The van der Waals surface area contributed by atoms with Crippen LogP contribution >= 0.6 is 11.6 Å². The molecule has 28 heavy (non-hydrogen) atoms. The molecule has 0 fully saturated rings. The second-order valence-electron chi connectivity index (χ2n) is 6.59. The van der Waals surface area contributed by atoms with Gasteiger partial charge >= 0.3 is 5.97 Å². The van der Waals surface area contributed by atoms with E-state index < -0.39 is 5.97 Å². The number of esters is 1. The molecule has 4 rings (SSSR count). The third kappa shape index (κ3) is 3.41. The highest BCUT2D eigenvalue weighted by Crippen LogP contribution is 2.31. The third-order valence-corrected chi connectivity index (χ3v) is 4.94. The van der Waals surface area contributed by atoms with Crippen LogP contribution in [0.5, 0.6) is 0 Å². The van der Waals surface area contributed by atoms with E-state index in [2.05, 4.69) is 28.0 Å². The Hall–Kier alpha value is -3.05. The number of hydrogen-bond donors (Lipinski definition) is 0. The lowest BCUT2D eigenvalue weighted by molar-refractivity contribution is 0.0518. The number of carbonyl (C=O) groups excluding carboxylic acids is 1. The number of hydrogen-bond acceptors (Lipinski definition) is 3. The summed E-state index contributed by atoms with van der Waals surface area (Å²) in [5.41, 5.74) is 4.36. The molecule has 0 radical (unpaired) electrons. The van der Waals surface area contributed by atoms with Gasteiger partial charge in [0.25, 0.3) is 0 Å². The molecule has 0 aliphatic heterocycles. The quantitative estimate of drug-likeness (QED) is 0.452. The molecule has 0 atom stereocenters. The molecule has 6 heteroatoms. The van der Waals surface area contributed by atoms with Crippen LogP contribution in [-0.4, -0.2) is 26.9 Å². The van der Waals surface area contributed by atoms with Gasteiger partial charge in [-0.25, -0.2) is 4.79 Å². The Morgan fingerprint density at radius 1 is 1.14 bits per heavy atom. The molecule has 0 saturated heterocycles. The first kappa shape index (κ1) is 18.3. The second kappa shape index (κ2) is 7.52. The van der Waals surface area contributed by atoms with Crippen LogP contribution in [-0.2, 0) is 18.3 Å². The Morgan fingerprint density at radius 3 is 2.64 bits per heavy atom. The lowest BCUT2D eigenvalue weighted by atomic mass is 10.1. The van der Waals surface area contributed by atoms with Crippen molar-refractivity contribution in [1.82, 2.24) is 14.3 Å². The highest BCUT2D eigenvalue weighted by atomic mass is 35.5. The fourth-order valence-electron chi connectivity index (χ4n) is 3.37. The fraction of sp³-hybridized carbons (Fsp3) is 0.182. The minimum absolute atomic E-state index is 0.304. The zero-order valence-electron chi connectivity index (χ0n) is 15.7. The van der Waals surface area contributed by atoms with E-state index in [1.807, 2.05) is 48.1 Å². The topological polar surface area (TPSA) is 49.0 Å². The largest absolute Gasteiger partial charge is 0.461 e. The molecule has 0 unspecified atom stereocenters. The maximum atomic E-state index is 12.3. The predicted molar refractivity (Wildman–Crippen MR) is 111 cm³/mol. The summed E-state index contributed by atoms with van der Waals surface area (Å²) in [6, 6.07) is 17.6. The minimum atomic E-state index is -0.418. The van der Waals surface area contributed by atoms with Crippen molar-refractivity contribution in [2.75, 3.05) is 6.61 Å². The first-order valence-electron chi connectivity index (χ1n) is 9.10. The maximum Gasteiger partial charge on any atom is 0.358 e. The van der Waals surface area contributed by atoms with Gasteiger partial charge in [-0.1, -0.05) is 41.9 Å². The van der Waals surface area contributed by atoms with Crippen molar-refractivity contribution in [3.63, 3.8) is 0 Å². The normalized spacial score (nSPS) is 11.1. The second-order valence-corrected chi connectivity index (χ2v) is 7.03. The molecule has 0 N–H and O–H groups in total. The molecule has 0 spiro atoms. The molecule has 4 aromatic rings. The van der Waals surface area contributed by atoms with Crippen molar-refractivity contribution in [2.24, 2.45) is 7.05 Å². The SMILES string of the molecule is CCOC(=O)c1cc(-c2cn(C)c3ccccc23)n(Cc2ccc(Cl)cc2)n1. The molecule has 5 nitrogen and oxygen atoms in total. The number of ether oxygens (including phenoxy) is 1. The molecule has 0 saturated carbocycles. The van der Waals surface area contributed by atoms with E-state index in [9.17, 15) is 4.79 Å². The van der Waals surface area contributed by atoms with Crippen molar-refractivity contribution in [2.45, 2.75) is 13.5 Å². The zero-order chi connectivity index (χ0) is 19.7. The smallest absolute Gasteiger partial charge is 0.358 e. The fourth-order valence-corrected chi connectivity index (χ4v) is 3.49. The average Bonchev–Trinajstić information content (AvgIpc) is 3.25. The molecular formula is C22H20ClN3O2. The number of rotatable bonds is 5. The van der Waals surface area contributed by atoms with Crippen LogP contribution in [0.1, 0.15) is 23.0 Å². The highest BCUT2D eigenvalue weighted by molar-refractivity contribution is 6.30. The van der Waals surface area contributed by atoms with E-state index in [4.69, 9.17) is 16.3 Å². The number of carbonyl (C=O) groups is 1. The summed E-state index contributed by atoms with van der Waals surface area (Å²) in [7, 11) is 2.01. The summed E-state index contributed by atoms with van der Waals surface area (Å²) in [6.45, 7) is 2.62. The summed E-state index contributed by atoms with van der Waals surface area (Å²) in [5, 5.41) is 6.33. The lowest BCUT2D eigenvalue weighted by Gasteiger charge is -2.07. The van der Waals surface area contributed by atoms with Crippen LogP contribution in [0.15, 0.2) is 60.8 Å². The highest BCUT2D eigenvalue weighted by Gasteiger charge is 2.19. The molecule has 2 heterocycles. The van der Waals surface area contributed by atoms with E-state index in [1.54, 1.807) is 13.0 Å². The molecule has 142 valence electrons. The van der Waals surface area contributed by atoms with Crippen molar-refractivity contribution < 1.29 is 9.53 Å². The van der Waals surface area contributed by atoms with E-state index in [0.29, 0.717) is 23.9 Å². The molecular weight excluding hydrogens is 374 g/mol. The summed E-state index contributed by atoms with van der Waals surface area (Å²) in [5.74, 6) is -0.418. The number of para-hydroxylation sites is 1. The Balaban J connectivity index is 1.84. The Bertz CT molecular complexity index is 1140. The standard InChI is InChI=1S/C22H20ClN3O2/c1-3-28-22(27)19-12-21(18-14-25(2)20-7-5-4-6-17(18)20)26(24-19)13-15-8-10-16(23)11-9-15/h4-12,14H,3,13H2,1-2H3. The number of aromatic nitrogens is 3. The molecule has 0 aliphatic carbocycles. The van der Waals surface area contributed by atoms with Gasteiger partial charge in [0.05, 0.1) is 18.8 Å². The van der Waals surface area contributed by atoms with Crippen LogP contribution < -0.4 is 0 Å². The van der Waals surface area contributed by atoms with Gasteiger partial charge in [-0.2, -0.15) is 5.10 Å². The number of nitrogens with zero attached hydrogens (tertiary/aromatic N) is 3. The summed E-state index contributed by atoms with van der Waals surface area (Å²) in [6.07, 6.45) is 2.06. The van der Waals surface area contributed by atoms with E-state index in [0.717, 1.165) is 27.7 Å². The Labute approximate surface area is 168 Å². The van der Waals surface area contributed by atoms with Gasteiger partial charge < -0.3 is 9.30 Å². The molecule has 2 aromatic heterocycles. The zero-order valence-corrected chi connectivity index (χ0v) is 16.5. The summed E-state index contributed by atoms with van der Waals surface area (Å²) >= 11 is 6.00. The number of fused-ring (bicyclic) bond motifs is 1.